The van der Waals surface area contributed by atoms with Crippen molar-refractivity contribution in [2.75, 3.05) is 4.90 Å². The van der Waals surface area contributed by atoms with Crippen LogP contribution in [-0.2, 0) is 10.8 Å². The third-order valence-corrected chi connectivity index (χ3v) is 12.3. The highest BCUT2D eigenvalue weighted by Gasteiger charge is 2.45. The van der Waals surface area contributed by atoms with E-state index in [1.54, 1.807) is 0 Å². The molecule has 1 nitrogen and oxygen atoms in total. The molecule has 1 heteroatoms. The van der Waals surface area contributed by atoms with E-state index in [2.05, 4.69) is 196 Å². The molecule has 0 bridgehead atoms. The van der Waals surface area contributed by atoms with E-state index < -0.39 is 0 Å². The SMILES string of the molecule is CC1(C)c2ccccc2-c2ccc(N(c3ccc(-c4ccc5ccccc5c4)cc3)c3ccc4c(c3)C(C)(C)C3C=c5ccccc5=CC43)cc21. The summed E-state index contributed by atoms with van der Waals surface area (Å²) in [6.07, 6.45) is 5.04. The molecule has 0 N–H and O–H groups in total. The molecule has 0 saturated carbocycles. The summed E-state index contributed by atoms with van der Waals surface area (Å²) in [5.74, 6) is 0.805. The molecule has 0 heterocycles. The average Bonchev–Trinajstić information content (AvgIpc) is 3.52. The van der Waals surface area contributed by atoms with Crippen LogP contribution in [0.5, 0.6) is 0 Å². The molecule has 3 aliphatic rings. The number of nitrogens with zero attached hydrogens (tertiary/aromatic N) is 1. The molecule has 2 unspecified atom stereocenters. The molecule has 0 amide bonds. The van der Waals surface area contributed by atoms with Gasteiger partial charge in [-0.05, 0) is 120 Å². The monoisotopic (exact) mass is 655 g/mol. The predicted octanol–water partition coefficient (Wildman–Crippen LogP) is 11.5. The zero-order chi connectivity index (χ0) is 34.5. The second-order valence-corrected chi connectivity index (χ2v) is 15.9. The Labute approximate surface area is 300 Å². The molecule has 0 spiro atoms. The molecular weight excluding hydrogens is 615 g/mol. The van der Waals surface area contributed by atoms with Gasteiger partial charge in [0.2, 0.25) is 0 Å². The third-order valence-electron chi connectivity index (χ3n) is 12.3. The molecule has 0 aromatic heterocycles. The summed E-state index contributed by atoms with van der Waals surface area (Å²) in [7, 11) is 0. The second-order valence-electron chi connectivity index (χ2n) is 15.9. The molecule has 0 saturated heterocycles. The van der Waals surface area contributed by atoms with Crippen molar-refractivity contribution in [3.8, 4) is 22.3 Å². The Morgan fingerprint density at radius 1 is 0.451 bits per heavy atom. The number of hydrogen-bond acceptors (Lipinski definition) is 1. The molecule has 0 aliphatic heterocycles. The van der Waals surface area contributed by atoms with Crippen molar-refractivity contribution >= 4 is 40.0 Å². The van der Waals surface area contributed by atoms with Gasteiger partial charge in [0.15, 0.2) is 0 Å². The molecule has 7 aromatic carbocycles. The van der Waals surface area contributed by atoms with Crippen LogP contribution < -0.4 is 15.3 Å². The number of benzene rings is 7. The van der Waals surface area contributed by atoms with Gasteiger partial charge < -0.3 is 4.90 Å². The Morgan fingerprint density at radius 3 is 1.86 bits per heavy atom. The first kappa shape index (κ1) is 30.2. The van der Waals surface area contributed by atoms with Crippen LogP contribution in [0.4, 0.5) is 17.1 Å². The Kier molecular flexibility index (Phi) is 6.46. The van der Waals surface area contributed by atoms with E-state index in [0.717, 1.165) is 5.69 Å². The van der Waals surface area contributed by atoms with Gasteiger partial charge in [0.05, 0.1) is 0 Å². The summed E-state index contributed by atoms with van der Waals surface area (Å²) >= 11 is 0. The van der Waals surface area contributed by atoms with Crippen LogP contribution in [-0.4, -0.2) is 0 Å². The van der Waals surface area contributed by atoms with E-state index >= 15 is 0 Å². The first-order chi connectivity index (χ1) is 24.8. The van der Waals surface area contributed by atoms with E-state index in [9.17, 15) is 0 Å². The first-order valence-corrected chi connectivity index (χ1v) is 18.3. The largest absolute Gasteiger partial charge is 0.310 e. The highest BCUT2D eigenvalue weighted by molar-refractivity contribution is 5.89. The first-order valence-electron chi connectivity index (χ1n) is 18.3. The van der Waals surface area contributed by atoms with Crippen molar-refractivity contribution in [1.29, 1.82) is 0 Å². The number of anilines is 3. The normalized spacial score (nSPS) is 18.4. The topological polar surface area (TPSA) is 3.24 Å². The fraction of sp³-hybridized carbons (Fsp3) is 0.160. The van der Waals surface area contributed by atoms with Crippen LogP contribution in [0.1, 0.15) is 55.9 Å². The quantitative estimate of drug-likeness (QED) is 0.182. The minimum absolute atomic E-state index is 0.00672. The second kappa shape index (κ2) is 10.9. The maximum absolute atomic E-state index is 2.53. The highest BCUT2D eigenvalue weighted by atomic mass is 15.1. The van der Waals surface area contributed by atoms with Gasteiger partial charge in [-0.3, -0.25) is 0 Å². The van der Waals surface area contributed by atoms with Crippen LogP contribution in [0, 0.1) is 5.92 Å². The maximum Gasteiger partial charge on any atom is 0.0465 e. The van der Waals surface area contributed by atoms with Crippen LogP contribution in [0.2, 0.25) is 0 Å². The van der Waals surface area contributed by atoms with Crippen molar-refractivity contribution in [1.82, 2.24) is 0 Å². The summed E-state index contributed by atoms with van der Waals surface area (Å²) < 4.78 is 0. The Morgan fingerprint density at radius 2 is 1.06 bits per heavy atom. The van der Waals surface area contributed by atoms with Crippen molar-refractivity contribution in [2.45, 2.75) is 44.4 Å². The van der Waals surface area contributed by atoms with Gasteiger partial charge in [0.25, 0.3) is 0 Å². The van der Waals surface area contributed by atoms with Crippen LogP contribution in [0.25, 0.3) is 45.2 Å². The van der Waals surface area contributed by atoms with Gasteiger partial charge in [0.1, 0.15) is 0 Å². The van der Waals surface area contributed by atoms with Crippen molar-refractivity contribution in [3.05, 3.63) is 184 Å². The van der Waals surface area contributed by atoms with Gasteiger partial charge in [-0.25, -0.2) is 0 Å². The smallest absolute Gasteiger partial charge is 0.0465 e. The molecule has 10 rings (SSSR count). The molecule has 3 aliphatic carbocycles. The van der Waals surface area contributed by atoms with E-state index in [1.165, 1.54) is 77.1 Å². The summed E-state index contributed by atoms with van der Waals surface area (Å²) in [6, 6.07) is 56.7. The molecule has 51 heavy (non-hydrogen) atoms. The van der Waals surface area contributed by atoms with Crippen LogP contribution >= 0.6 is 0 Å². The lowest BCUT2D eigenvalue weighted by Crippen LogP contribution is -2.35. The van der Waals surface area contributed by atoms with E-state index in [0.29, 0.717) is 11.8 Å². The molecule has 7 aromatic rings. The zero-order valence-corrected chi connectivity index (χ0v) is 29.7. The van der Waals surface area contributed by atoms with Gasteiger partial charge in [-0.15, -0.1) is 0 Å². The van der Waals surface area contributed by atoms with E-state index in [1.807, 2.05) is 0 Å². The van der Waals surface area contributed by atoms with Crippen molar-refractivity contribution < 1.29 is 0 Å². The lowest BCUT2D eigenvalue weighted by atomic mass is 9.74. The predicted molar refractivity (Wildman–Crippen MR) is 216 cm³/mol. The van der Waals surface area contributed by atoms with Gasteiger partial charge >= 0.3 is 0 Å². The summed E-state index contributed by atoms with van der Waals surface area (Å²) in [4.78, 5) is 2.48. The molecule has 246 valence electrons. The van der Waals surface area contributed by atoms with Gasteiger partial charge in [-0.2, -0.15) is 0 Å². The standard InChI is InChI=1S/C50H41N/c1-49(2)45-16-10-9-15-41(45)42-25-23-39(30-47(42)49)51(38-21-19-33(20-22-38)37-18-17-32-11-5-6-12-34(32)27-37)40-24-26-43-44-28-35-13-7-8-14-36(35)29-46(44)50(3,4)48(43)31-40/h5-31,44,46H,1-4H3. The molecule has 2 atom stereocenters. The lowest BCUT2D eigenvalue weighted by Gasteiger charge is -2.31. The van der Waals surface area contributed by atoms with E-state index in [4.69, 9.17) is 0 Å². The number of rotatable bonds is 4. The minimum atomic E-state index is -0.0795. The fourth-order valence-corrected chi connectivity index (χ4v) is 9.51. The minimum Gasteiger partial charge on any atom is -0.310 e. The fourth-order valence-electron chi connectivity index (χ4n) is 9.51. The van der Waals surface area contributed by atoms with Crippen LogP contribution in [0.15, 0.2) is 152 Å². The Balaban J connectivity index is 1.12. The Hall–Kier alpha value is -5.66. The average molecular weight is 656 g/mol. The van der Waals surface area contributed by atoms with Gasteiger partial charge in [0, 0.05) is 28.4 Å². The maximum atomic E-state index is 2.53. The third kappa shape index (κ3) is 4.54. The highest BCUT2D eigenvalue weighted by Crippen LogP contribution is 2.55. The number of hydrogen-bond donors (Lipinski definition) is 0. The summed E-state index contributed by atoms with van der Waals surface area (Å²) in [6.45, 7) is 9.62. The Bertz CT molecular complexity index is 2660. The summed E-state index contributed by atoms with van der Waals surface area (Å²) in [5, 5.41) is 5.24. The summed E-state index contributed by atoms with van der Waals surface area (Å²) in [5.41, 5.74) is 14.3. The molecule has 0 fully saturated rings. The molecule has 0 radical (unpaired) electrons. The van der Waals surface area contributed by atoms with Crippen LogP contribution in [0.3, 0.4) is 0 Å². The van der Waals surface area contributed by atoms with Crippen molar-refractivity contribution in [3.63, 3.8) is 0 Å². The van der Waals surface area contributed by atoms with E-state index in [-0.39, 0.29) is 10.8 Å². The zero-order valence-electron chi connectivity index (χ0n) is 29.7. The van der Waals surface area contributed by atoms with Gasteiger partial charge in [-0.1, -0.05) is 149 Å². The lowest BCUT2D eigenvalue weighted by molar-refractivity contribution is 0.422. The van der Waals surface area contributed by atoms with Crippen molar-refractivity contribution in [2.24, 2.45) is 5.92 Å². The molecular formula is C50H41N. The number of fused-ring (bicyclic) bond motifs is 8.